The number of carbonyl (C=O) groups excluding carboxylic acids is 1. The van der Waals surface area contributed by atoms with E-state index in [1.807, 2.05) is 0 Å². The van der Waals surface area contributed by atoms with E-state index < -0.39 is 17.3 Å². The zero-order valence-corrected chi connectivity index (χ0v) is 22.2. The molecule has 0 radical (unpaired) electrons. The molecular formula is C25H31F2N9O3. The first kappa shape index (κ1) is 26.7. The SMILES string of the molecule is CC(=O)COc1cc(F)c(Nc2ncc(F)c(N[C@@H]3C[C@H]4CCCN4C(C)(C)C3)n2)cc1-n1nnn(C)c1=O. The molecule has 3 aromatic rings. The number of nitrogens with zero attached hydrogens (tertiary/aromatic N) is 7. The van der Waals surface area contributed by atoms with E-state index in [4.69, 9.17) is 4.74 Å². The molecule has 14 heteroatoms. The largest absolute Gasteiger partial charge is 0.483 e. The summed E-state index contributed by atoms with van der Waals surface area (Å²) in [4.78, 5) is 34.7. The van der Waals surface area contributed by atoms with Crippen LogP contribution in [0.25, 0.3) is 5.69 Å². The van der Waals surface area contributed by atoms with Gasteiger partial charge in [0.15, 0.2) is 23.2 Å². The molecule has 0 aliphatic carbocycles. The second-order valence-corrected chi connectivity index (χ2v) is 10.7. The average Bonchev–Trinajstić information content (AvgIpc) is 3.48. The number of carbonyl (C=O) groups is 1. The summed E-state index contributed by atoms with van der Waals surface area (Å²) in [6.07, 6.45) is 4.99. The third kappa shape index (κ3) is 5.46. The van der Waals surface area contributed by atoms with E-state index in [0.29, 0.717) is 6.04 Å². The lowest BCUT2D eigenvalue weighted by molar-refractivity contribution is -0.118. The van der Waals surface area contributed by atoms with Gasteiger partial charge in [-0.25, -0.2) is 18.6 Å². The van der Waals surface area contributed by atoms with Crippen molar-refractivity contribution >= 4 is 23.2 Å². The maximum absolute atomic E-state index is 15.1. The first-order valence-corrected chi connectivity index (χ1v) is 12.8. The highest BCUT2D eigenvalue weighted by Gasteiger charge is 2.43. The van der Waals surface area contributed by atoms with Crippen LogP contribution in [0.2, 0.25) is 0 Å². The molecule has 0 amide bonds. The highest BCUT2D eigenvalue weighted by Crippen LogP contribution is 2.38. The van der Waals surface area contributed by atoms with Gasteiger partial charge >= 0.3 is 5.69 Å². The number of ketones is 1. The fourth-order valence-electron chi connectivity index (χ4n) is 5.53. The number of ether oxygens (including phenoxy) is 1. The number of anilines is 3. The third-order valence-corrected chi connectivity index (χ3v) is 7.22. The molecule has 2 aliphatic rings. The number of fused-ring (bicyclic) bond motifs is 1. The number of nitrogens with one attached hydrogen (secondary N) is 2. The number of halogens is 2. The Kier molecular flexibility index (Phi) is 7.05. The number of benzene rings is 1. The molecule has 4 heterocycles. The van der Waals surface area contributed by atoms with Crippen LogP contribution in [0.15, 0.2) is 23.1 Å². The highest BCUT2D eigenvalue weighted by molar-refractivity contribution is 5.77. The number of piperidine rings is 1. The van der Waals surface area contributed by atoms with Gasteiger partial charge in [-0.15, -0.1) is 0 Å². The fourth-order valence-corrected chi connectivity index (χ4v) is 5.53. The van der Waals surface area contributed by atoms with Crippen molar-refractivity contribution in [1.82, 2.24) is 34.7 Å². The second-order valence-electron chi connectivity index (χ2n) is 10.7. The highest BCUT2D eigenvalue weighted by atomic mass is 19.1. The number of hydrogen-bond acceptors (Lipinski definition) is 10. The minimum absolute atomic E-state index is 0.0150. The zero-order valence-electron chi connectivity index (χ0n) is 22.2. The zero-order chi connectivity index (χ0) is 27.9. The molecule has 12 nitrogen and oxygen atoms in total. The van der Waals surface area contributed by atoms with Crippen molar-refractivity contribution in [3.63, 3.8) is 0 Å². The van der Waals surface area contributed by atoms with Crippen LogP contribution in [0, 0.1) is 11.6 Å². The summed E-state index contributed by atoms with van der Waals surface area (Å²) < 4.78 is 37.2. The predicted molar refractivity (Wildman–Crippen MR) is 138 cm³/mol. The Morgan fingerprint density at radius 3 is 2.74 bits per heavy atom. The normalized spacial score (nSPS) is 20.5. The Hall–Kier alpha value is -3.94. The number of aryl methyl sites for hydroxylation is 1. The van der Waals surface area contributed by atoms with Crippen molar-refractivity contribution in [2.45, 2.75) is 64.1 Å². The molecule has 0 saturated carbocycles. The van der Waals surface area contributed by atoms with Gasteiger partial charge in [0.2, 0.25) is 5.95 Å². The molecule has 0 unspecified atom stereocenters. The molecule has 1 aromatic carbocycles. The van der Waals surface area contributed by atoms with Crippen molar-refractivity contribution in [1.29, 1.82) is 0 Å². The van der Waals surface area contributed by atoms with Crippen LogP contribution in [0.3, 0.4) is 0 Å². The maximum atomic E-state index is 15.1. The van der Waals surface area contributed by atoms with Crippen LogP contribution in [0.1, 0.15) is 46.5 Å². The number of tetrazole rings is 1. The minimum Gasteiger partial charge on any atom is -0.483 e. The van der Waals surface area contributed by atoms with Crippen molar-refractivity contribution < 1.29 is 18.3 Å². The monoisotopic (exact) mass is 543 g/mol. The summed E-state index contributed by atoms with van der Waals surface area (Å²) in [5.41, 5.74) is -0.702. The summed E-state index contributed by atoms with van der Waals surface area (Å²) in [7, 11) is 1.41. The minimum atomic E-state index is -0.771. The molecule has 2 aliphatic heterocycles. The van der Waals surface area contributed by atoms with Gasteiger partial charge in [0.25, 0.3) is 0 Å². The van der Waals surface area contributed by atoms with E-state index in [9.17, 15) is 14.0 Å². The van der Waals surface area contributed by atoms with Crippen molar-refractivity contribution in [2.75, 3.05) is 23.8 Å². The molecule has 208 valence electrons. The van der Waals surface area contributed by atoms with E-state index in [-0.39, 0.29) is 52.9 Å². The van der Waals surface area contributed by atoms with E-state index >= 15 is 4.39 Å². The summed E-state index contributed by atoms with van der Waals surface area (Å²) in [6, 6.07) is 2.73. The van der Waals surface area contributed by atoms with E-state index in [1.54, 1.807) is 0 Å². The van der Waals surface area contributed by atoms with E-state index in [0.717, 1.165) is 53.9 Å². The lowest BCUT2D eigenvalue weighted by atomic mass is 9.84. The molecule has 39 heavy (non-hydrogen) atoms. The van der Waals surface area contributed by atoms with E-state index in [1.165, 1.54) is 20.0 Å². The summed E-state index contributed by atoms with van der Waals surface area (Å²) >= 11 is 0. The number of hydrogen-bond donors (Lipinski definition) is 2. The lowest BCUT2D eigenvalue weighted by Gasteiger charge is -2.47. The van der Waals surface area contributed by atoms with Crippen LogP contribution >= 0.6 is 0 Å². The first-order chi connectivity index (χ1) is 18.5. The topological polar surface area (TPSA) is 132 Å². The molecule has 0 bridgehead atoms. The van der Waals surface area contributed by atoms with Gasteiger partial charge in [-0.05, 0) is 69.5 Å². The molecule has 2 saturated heterocycles. The molecule has 5 rings (SSSR count). The summed E-state index contributed by atoms with van der Waals surface area (Å²) in [5, 5.41) is 13.4. The molecule has 2 fully saturated rings. The quantitative estimate of drug-likeness (QED) is 0.437. The van der Waals surface area contributed by atoms with Gasteiger partial charge in [0, 0.05) is 30.7 Å². The van der Waals surface area contributed by atoms with Crippen molar-refractivity contribution in [3.05, 3.63) is 40.4 Å². The maximum Gasteiger partial charge on any atom is 0.368 e. The van der Waals surface area contributed by atoms with Crippen LogP contribution in [0.4, 0.5) is 26.2 Å². The Bertz CT molecular complexity index is 1460. The number of aromatic nitrogens is 6. The second kappa shape index (κ2) is 10.3. The number of Topliss-reactive ketones (excluding diaryl/α,β-unsaturated/α-hetero) is 1. The van der Waals surface area contributed by atoms with Gasteiger partial charge in [-0.3, -0.25) is 9.69 Å². The third-order valence-electron chi connectivity index (χ3n) is 7.22. The smallest absolute Gasteiger partial charge is 0.368 e. The Morgan fingerprint density at radius 2 is 2.03 bits per heavy atom. The Balaban J connectivity index is 1.42. The van der Waals surface area contributed by atoms with Gasteiger partial charge in [0.05, 0.1) is 11.9 Å². The summed E-state index contributed by atoms with van der Waals surface area (Å²) in [5.74, 6) is -1.80. The average molecular weight is 544 g/mol. The Morgan fingerprint density at radius 1 is 1.23 bits per heavy atom. The van der Waals surface area contributed by atoms with Crippen molar-refractivity contribution in [2.24, 2.45) is 7.05 Å². The van der Waals surface area contributed by atoms with Gasteiger partial charge in [0.1, 0.15) is 18.0 Å². The standard InChI is InChI=1S/C25H31F2N9O3/c1-14(37)13-39-21-9-17(26)19(10-20(21)36-24(38)34(4)32-33-36)30-23-28-12-18(27)22(31-23)29-15-8-16-6-5-7-35(16)25(2,3)11-15/h9-10,12,15-16H,5-8,11,13H2,1-4H3,(H2,28,29,30,31)/t15-,16-/m1/s1. The van der Waals surface area contributed by atoms with E-state index in [2.05, 4.69) is 49.8 Å². The first-order valence-electron chi connectivity index (χ1n) is 12.8. The van der Waals surface area contributed by atoms with Gasteiger partial charge in [-0.2, -0.15) is 14.3 Å². The molecule has 2 aromatic heterocycles. The lowest BCUT2D eigenvalue weighted by Crippen LogP contribution is -2.55. The number of rotatable bonds is 8. The van der Waals surface area contributed by atoms with Crippen molar-refractivity contribution in [3.8, 4) is 11.4 Å². The van der Waals surface area contributed by atoms with Crippen LogP contribution < -0.4 is 21.1 Å². The molecule has 0 spiro atoms. The van der Waals surface area contributed by atoms with Crippen LogP contribution in [-0.4, -0.2) is 71.2 Å². The molecular weight excluding hydrogens is 512 g/mol. The fraction of sp³-hybridized carbons (Fsp3) is 0.520. The van der Waals surface area contributed by atoms with Gasteiger partial charge < -0.3 is 15.4 Å². The van der Waals surface area contributed by atoms with Crippen LogP contribution in [0.5, 0.6) is 5.75 Å². The summed E-state index contributed by atoms with van der Waals surface area (Å²) in [6.45, 7) is 6.47. The molecule has 2 atom stereocenters. The predicted octanol–water partition coefficient (Wildman–Crippen LogP) is 2.56. The van der Waals surface area contributed by atoms with Crippen LogP contribution in [-0.2, 0) is 11.8 Å². The van der Waals surface area contributed by atoms with Gasteiger partial charge in [-0.1, -0.05) is 0 Å². The Labute approximate surface area is 223 Å². The molecule has 2 N–H and O–H groups in total.